The highest BCUT2D eigenvalue weighted by Gasteiger charge is 2.18. The molecule has 2 aromatic heterocycles. The summed E-state index contributed by atoms with van der Waals surface area (Å²) in [5.41, 5.74) is 3.27. The maximum absolute atomic E-state index is 12.8. The lowest BCUT2D eigenvalue weighted by Gasteiger charge is -2.08. The van der Waals surface area contributed by atoms with Crippen LogP contribution < -0.4 is 20.1 Å². The predicted octanol–water partition coefficient (Wildman–Crippen LogP) is 4.43. The molecule has 0 aliphatic heterocycles. The normalized spacial score (nSPS) is 10.8. The molecule has 164 valence electrons. The molecular weight excluding hydrogens is 406 g/mol. The van der Waals surface area contributed by atoms with Gasteiger partial charge >= 0.3 is 0 Å². The van der Waals surface area contributed by atoms with Crippen LogP contribution in [0.25, 0.3) is 11.0 Å². The number of carbonyl (C=O) groups is 1. The second kappa shape index (κ2) is 9.98. The molecular formula is C25H25N3O4. The highest BCUT2D eigenvalue weighted by molar-refractivity contribution is 6.05. The van der Waals surface area contributed by atoms with Crippen molar-refractivity contribution < 1.29 is 18.7 Å². The number of methoxy groups -OCH3 is 2. The van der Waals surface area contributed by atoms with E-state index in [1.807, 2.05) is 30.3 Å². The average molecular weight is 431 g/mol. The number of fused-ring (bicyclic) bond motifs is 1. The first-order chi connectivity index (χ1) is 15.7. The van der Waals surface area contributed by atoms with Gasteiger partial charge in [0.15, 0.2) is 17.1 Å². The number of aromatic nitrogens is 1. The predicted molar refractivity (Wildman–Crippen MR) is 123 cm³/mol. The molecule has 0 saturated heterocycles. The van der Waals surface area contributed by atoms with Gasteiger partial charge in [-0.25, -0.2) is 0 Å². The summed E-state index contributed by atoms with van der Waals surface area (Å²) in [4.78, 5) is 17.1. The van der Waals surface area contributed by atoms with Crippen molar-refractivity contribution >= 4 is 22.6 Å². The number of benzene rings is 2. The van der Waals surface area contributed by atoms with Crippen LogP contribution in [0.4, 0.5) is 5.69 Å². The third-order valence-electron chi connectivity index (χ3n) is 5.13. The molecule has 4 aromatic rings. The minimum atomic E-state index is -0.331. The molecule has 2 aromatic carbocycles. The van der Waals surface area contributed by atoms with Crippen LogP contribution in [-0.4, -0.2) is 31.7 Å². The fourth-order valence-electron chi connectivity index (χ4n) is 3.43. The van der Waals surface area contributed by atoms with Gasteiger partial charge in [0.1, 0.15) is 5.75 Å². The van der Waals surface area contributed by atoms with Crippen LogP contribution in [0.2, 0.25) is 0 Å². The summed E-state index contributed by atoms with van der Waals surface area (Å²) in [5.74, 6) is 1.19. The maximum atomic E-state index is 12.8. The first-order valence-corrected chi connectivity index (χ1v) is 10.3. The van der Waals surface area contributed by atoms with E-state index in [9.17, 15) is 4.79 Å². The monoisotopic (exact) mass is 431 g/mol. The molecule has 0 bridgehead atoms. The fraction of sp³-hybridized carbons (Fsp3) is 0.200. The number of pyridine rings is 1. The summed E-state index contributed by atoms with van der Waals surface area (Å²) in [5, 5.41) is 7.12. The van der Waals surface area contributed by atoms with Crippen molar-refractivity contribution in [2.75, 3.05) is 26.1 Å². The quantitative estimate of drug-likeness (QED) is 0.381. The minimum Gasteiger partial charge on any atom is -0.497 e. The van der Waals surface area contributed by atoms with Crippen molar-refractivity contribution in [2.24, 2.45) is 0 Å². The largest absolute Gasteiger partial charge is 0.497 e. The van der Waals surface area contributed by atoms with Gasteiger partial charge < -0.3 is 24.5 Å². The average Bonchev–Trinajstić information content (AvgIpc) is 3.29. The van der Waals surface area contributed by atoms with Crippen LogP contribution in [-0.2, 0) is 13.0 Å². The summed E-state index contributed by atoms with van der Waals surface area (Å²) in [7, 11) is 3.18. The van der Waals surface area contributed by atoms with Gasteiger partial charge in [-0.1, -0.05) is 12.1 Å². The molecule has 2 N–H and O–H groups in total. The Labute approximate surface area is 186 Å². The number of hydrogen-bond acceptors (Lipinski definition) is 6. The van der Waals surface area contributed by atoms with E-state index in [1.54, 1.807) is 50.7 Å². The van der Waals surface area contributed by atoms with Gasteiger partial charge in [0.2, 0.25) is 0 Å². The summed E-state index contributed by atoms with van der Waals surface area (Å²) in [6.07, 6.45) is 2.63. The minimum absolute atomic E-state index is 0.218. The molecule has 7 heteroatoms. The lowest BCUT2D eigenvalue weighted by atomic mass is 10.1. The van der Waals surface area contributed by atoms with Gasteiger partial charge in [0, 0.05) is 42.5 Å². The Hall–Kier alpha value is -3.84. The molecule has 4 rings (SSSR count). The number of furan rings is 1. The molecule has 7 nitrogen and oxygen atoms in total. The number of ether oxygens (including phenoxy) is 2. The number of nitrogens with zero attached hydrogens (tertiary/aromatic N) is 1. The molecule has 0 saturated carbocycles. The molecule has 1 amide bonds. The van der Waals surface area contributed by atoms with E-state index in [-0.39, 0.29) is 11.7 Å². The number of nitrogens with one attached hydrogen (secondary N) is 2. The number of hydrogen-bond donors (Lipinski definition) is 2. The van der Waals surface area contributed by atoms with E-state index in [4.69, 9.17) is 13.9 Å². The van der Waals surface area contributed by atoms with E-state index in [0.29, 0.717) is 23.6 Å². The first-order valence-electron chi connectivity index (χ1n) is 10.3. The van der Waals surface area contributed by atoms with Gasteiger partial charge in [0.05, 0.1) is 14.2 Å². The molecule has 0 aliphatic rings. The second-order valence-corrected chi connectivity index (χ2v) is 7.21. The maximum Gasteiger partial charge on any atom is 0.291 e. The number of anilines is 1. The molecule has 0 atom stereocenters. The lowest BCUT2D eigenvalue weighted by Crippen LogP contribution is -2.17. The smallest absolute Gasteiger partial charge is 0.291 e. The van der Waals surface area contributed by atoms with Crippen LogP contribution >= 0.6 is 0 Å². The van der Waals surface area contributed by atoms with Crippen LogP contribution in [0, 0.1) is 0 Å². The van der Waals surface area contributed by atoms with Gasteiger partial charge in [-0.2, -0.15) is 0 Å². The summed E-state index contributed by atoms with van der Waals surface area (Å²) in [6.45, 7) is 1.42. The van der Waals surface area contributed by atoms with Crippen molar-refractivity contribution in [3.05, 3.63) is 83.9 Å². The zero-order valence-electron chi connectivity index (χ0n) is 18.1. The number of amides is 1. The molecule has 0 unspecified atom stereocenters. The van der Waals surface area contributed by atoms with Crippen molar-refractivity contribution in [1.29, 1.82) is 0 Å². The Morgan fingerprint density at radius 1 is 1.03 bits per heavy atom. The molecule has 0 spiro atoms. The highest BCUT2D eigenvalue weighted by Crippen LogP contribution is 2.32. The van der Waals surface area contributed by atoms with E-state index in [1.165, 1.54) is 0 Å². The summed E-state index contributed by atoms with van der Waals surface area (Å²) >= 11 is 0. The number of carbonyl (C=O) groups excluding carboxylic acids is 1. The topological polar surface area (TPSA) is 85.6 Å². The molecule has 0 fully saturated rings. The zero-order valence-corrected chi connectivity index (χ0v) is 18.1. The van der Waals surface area contributed by atoms with Gasteiger partial charge in [-0.3, -0.25) is 9.78 Å². The third kappa shape index (κ3) is 4.90. The first kappa shape index (κ1) is 21.4. The lowest BCUT2D eigenvalue weighted by molar-refractivity contribution is 0.0998. The van der Waals surface area contributed by atoms with Crippen molar-refractivity contribution in [2.45, 2.75) is 13.0 Å². The highest BCUT2D eigenvalue weighted by atomic mass is 16.5. The Kier molecular flexibility index (Phi) is 6.67. The fourth-order valence-corrected chi connectivity index (χ4v) is 3.43. The molecule has 0 aliphatic carbocycles. The van der Waals surface area contributed by atoms with E-state index >= 15 is 0 Å². The zero-order chi connectivity index (χ0) is 22.3. The second-order valence-electron chi connectivity index (χ2n) is 7.21. The SMILES string of the molecule is COc1ccc(NC(=O)c2cc3c(CNCCc4ccccn4)ccc(OC)c3o2)cc1. The van der Waals surface area contributed by atoms with Crippen LogP contribution in [0.5, 0.6) is 11.5 Å². The van der Waals surface area contributed by atoms with Crippen molar-refractivity contribution in [1.82, 2.24) is 10.3 Å². The standard InChI is InChI=1S/C25H25N3O4/c1-30-20-9-7-19(8-10-20)28-25(29)23-15-21-17(6-11-22(31-2)24(21)32-23)16-26-14-12-18-5-3-4-13-27-18/h3-11,13,15,26H,12,14,16H2,1-2H3,(H,28,29). The Morgan fingerprint density at radius 2 is 1.88 bits per heavy atom. The summed E-state index contributed by atoms with van der Waals surface area (Å²) < 4.78 is 16.5. The van der Waals surface area contributed by atoms with Crippen LogP contribution in [0.1, 0.15) is 21.8 Å². The van der Waals surface area contributed by atoms with Crippen molar-refractivity contribution in [3.8, 4) is 11.5 Å². The Bertz CT molecular complexity index is 1190. The van der Waals surface area contributed by atoms with Gasteiger partial charge in [-0.15, -0.1) is 0 Å². The Morgan fingerprint density at radius 3 is 2.59 bits per heavy atom. The van der Waals surface area contributed by atoms with E-state index in [2.05, 4.69) is 15.6 Å². The molecule has 32 heavy (non-hydrogen) atoms. The van der Waals surface area contributed by atoms with E-state index in [0.717, 1.165) is 35.4 Å². The molecule has 0 radical (unpaired) electrons. The summed E-state index contributed by atoms with van der Waals surface area (Å²) in [6, 6.07) is 18.6. The van der Waals surface area contributed by atoms with Gasteiger partial charge in [-0.05, 0) is 54.1 Å². The van der Waals surface area contributed by atoms with Crippen LogP contribution in [0.15, 0.2) is 71.3 Å². The van der Waals surface area contributed by atoms with Crippen LogP contribution in [0.3, 0.4) is 0 Å². The Balaban J connectivity index is 1.48. The van der Waals surface area contributed by atoms with E-state index < -0.39 is 0 Å². The number of rotatable bonds is 9. The molecule has 2 heterocycles. The van der Waals surface area contributed by atoms with Crippen molar-refractivity contribution in [3.63, 3.8) is 0 Å². The van der Waals surface area contributed by atoms with Gasteiger partial charge in [0.25, 0.3) is 5.91 Å². The third-order valence-corrected chi connectivity index (χ3v) is 5.13.